The lowest BCUT2D eigenvalue weighted by molar-refractivity contribution is 0.104. The van der Waals surface area contributed by atoms with Gasteiger partial charge in [0.05, 0.1) is 0 Å². The van der Waals surface area contributed by atoms with Crippen molar-refractivity contribution in [1.82, 2.24) is 15.3 Å². The molecule has 3 heteroatoms. The van der Waals surface area contributed by atoms with Gasteiger partial charge in [0.2, 0.25) is 0 Å². The highest BCUT2D eigenvalue weighted by molar-refractivity contribution is 5.60. The summed E-state index contributed by atoms with van der Waals surface area (Å²) in [4.78, 5) is 2.53. The van der Waals surface area contributed by atoms with Gasteiger partial charge in [-0.25, -0.2) is 5.01 Å². The topological polar surface area (TPSA) is 18.5 Å². The van der Waals surface area contributed by atoms with Crippen LogP contribution in [0.15, 0.2) is 55.1 Å². The molecule has 1 fully saturated rings. The lowest BCUT2D eigenvalue weighted by Crippen LogP contribution is -2.50. The molecule has 0 unspecified atom stereocenters. The van der Waals surface area contributed by atoms with Gasteiger partial charge in [-0.05, 0) is 30.5 Å². The van der Waals surface area contributed by atoms with Gasteiger partial charge in [0, 0.05) is 38.4 Å². The van der Waals surface area contributed by atoms with Gasteiger partial charge < -0.3 is 5.43 Å². The Morgan fingerprint density at radius 3 is 2.38 bits per heavy atom. The molecule has 1 heterocycles. The smallest absolute Gasteiger partial charge is 0.0490 e. The van der Waals surface area contributed by atoms with Crippen molar-refractivity contribution in [3.63, 3.8) is 0 Å². The second kappa shape index (κ2) is 7.65. The minimum absolute atomic E-state index is 0.971. The number of hydrazine groups is 1. The van der Waals surface area contributed by atoms with Crippen LogP contribution in [0.4, 0.5) is 0 Å². The summed E-state index contributed by atoms with van der Waals surface area (Å²) in [6.07, 6.45) is 0. The molecule has 0 amide bonds. The third-order valence-corrected chi connectivity index (χ3v) is 4.68. The zero-order chi connectivity index (χ0) is 16.9. The second-order valence-corrected chi connectivity index (χ2v) is 6.65. The first-order chi connectivity index (χ1) is 11.6. The predicted molar refractivity (Wildman–Crippen MR) is 101 cm³/mol. The summed E-state index contributed by atoms with van der Waals surface area (Å²) >= 11 is 0. The maximum Gasteiger partial charge on any atom is 0.0490 e. The largest absolute Gasteiger partial charge is 0.319 e. The standard InChI is InChI=1S/C21H27N3/c1-17-9-10-21(18(2)15-17)16-23-11-13-24(14-12-23)22-19(3)20-7-5-4-6-8-20/h4-10,15,22H,3,11-14,16H2,1-2H3. The molecule has 1 N–H and O–H groups in total. The fourth-order valence-electron chi connectivity index (χ4n) is 3.18. The van der Waals surface area contributed by atoms with Crippen LogP contribution in [0.1, 0.15) is 22.3 Å². The van der Waals surface area contributed by atoms with Gasteiger partial charge in [-0.1, -0.05) is 60.7 Å². The summed E-state index contributed by atoms with van der Waals surface area (Å²) in [5.41, 5.74) is 9.74. The van der Waals surface area contributed by atoms with Crippen LogP contribution in [-0.4, -0.2) is 36.1 Å². The van der Waals surface area contributed by atoms with Crippen molar-refractivity contribution < 1.29 is 0 Å². The molecule has 1 saturated heterocycles. The van der Waals surface area contributed by atoms with E-state index < -0.39 is 0 Å². The SMILES string of the molecule is C=C(NN1CCN(Cc2ccc(C)cc2C)CC1)c1ccccc1. The van der Waals surface area contributed by atoms with E-state index >= 15 is 0 Å². The van der Waals surface area contributed by atoms with Crippen LogP contribution >= 0.6 is 0 Å². The third kappa shape index (κ3) is 4.25. The molecular weight excluding hydrogens is 294 g/mol. The van der Waals surface area contributed by atoms with Crippen LogP contribution in [0, 0.1) is 13.8 Å². The average Bonchev–Trinajstić information content (AvgIpc) is 2.60. The molecule has 24 heavy (non-hydrogen) atoms. The Hall–Kier alpha value is -2.10. The Morgan fingerprint density at radius 1 is 1.00 bits per heavy atom. The average molecular weight is 321 g/mol. The van der Waals surface area contributed by atoms with E-state index in [9.17, 15) is 0 Å². The number of nitrogens with zero attached hydrogens (tertiary/aromatic N) is 2. The highest BCUT2D eigenvalue weighted by atomic mass is 15.5. The first-order valence-corrected chi connectivity index (χ1v) is 8.66. The van der Waals surface area contributed by atoms with Gasteiger partial charge in [-0.15, -0.1) is 0 Å². The lowest BCUT2D eigenvalue weighted by Gasteiger charge is -2.36. The van der Waals surface area contributed by atoms with Crippen molar-refractivity contribution in [2.45, 2.75) is 20.4 Å². The number of hydrogen-bond acceptors (Lipinski definition) is 3. The normalized spacial score (nSPS) is 16.1. The van der Waals surface area contributed by atoms with Gasteiger partial charge in [0.25, 0.3) is 0 Å². The van der Waals surface area contributed by atoms with Gasteiger partial charge in [0.15, 0.2) is 0 Å². The molecule has 0 aliphatic carbocycles. The van der Waals surface area contributed by atoms with E-state index in [0.29, 0.717) is 0 Å². The molecule has 0 radical (unpaired) electrons. The molecule has 3 rings (SSSR count). The van der Waals surface area contributed by atoms with Crippen LogP contribution in [0.25, 0.3) is 5.70 Å². The summed E-state index contributed by atoms with van der Waals surface area (Å²) in [6.45, 7) is 13.7. The number of aryl methyl sites for hydroxylation is 2. The van der Waals surface area contributed by atoms with Crippen LogP contribution in [0.2, 0.25) is 0 Å². The fraction of sp³-hybridized carbons (Fsp3) is 0.333. The van der Waals surface area contributed by atoms with Crippen molar-refractivity contribution >= 4 is 5.70 Å². The first-order valence-electron chi connectivity index (χ1n) is 8.66. The summed E-state index contributed by atoms with van der Waals surface area (Å²) in [6, 6.07) is 17.1. The molecule has 0 spiro atoms. The van der Waals surface area contributed by atoms with Crippen LogP contribution in [0.3, 0.4) is 0 Å². The molecule has 1 aliphatic rings. The third-order valence-electron chi connectivity index (χ3n) is 4.68. The Balaban J connectivity index is 1.50. The number of nitrogens with one attached hydrogen (secondary N) is 1. The first kappa shape index (κ1) is 16.7. The highest BCUT2D eigenvalue weighted by Gasteiger charge is 2.18. The maximum atomic E-state index is 4.16. The highest BCUT2D eigenvalue weighted by Crippen LogP contribution is 2.15. The molecule has 1 aliphatic heterocycles. The zero-order valence-corrected chi connectivity index (χ0v) is 14.8. The Kier molecular flexibility index (Phi) is 5.34. The quantitative estimate of drug-likeness (QED) is 0.908. The molecule has 126 valence electrons. The van der Waals surface area contributed by atoms with Gasteiger partial charge in [0.1, 0.15) is 0 Å². The second-order valence-electron chi connectivity index (χ2n) is 6.65. The number of benzene rings is 2. The van der Waals surface area contributed by atoms with Crippen LogP contribution in [0.5, 0.6) is 0 Å². The molecule has 0 aromatic heterocycles. The molecular formula is C21H27N3. The monoisotopic (exact) mass is 321 g/mol. The van der Waals surface area contributed by atoms with Crippen molar-refractivity contribution in [3.8, 4) is 0 Å². The molecule has 0 bridgehead atoms. The number of rotatable bonds is 5. The van der Waals surface area contributed by atoms with Gasteiger partial charge in [-0.2, -0.15) is 0 Å². The van der Waals surface area contributed by atoms with Crippen molar-refractivity contribution in [2.24, 2.45) is 0 Å². The predicted octanol–water partition coefficient (Wildman–Crippen LogP) is 3.60. The molecule has 2 aromatic carbocycles. The molecule has 2 aromatic rings. The van der Waals surface area contributed by atoms with Crippen molar-refractivity contribution in [3.05, 3.63) is 77.4 Å². The zero-order valence-electron chi connectivity index (χ0n) is 14.8. The maximum absolute atomic E-state index is 4.16. The van der Waals surface area contributed by atoms with E-state index in [4.69, 9.17) is 0 Å². The Labute approximate surface area is 145 Å². The van der Waals surface area contributed by atoms with Crippen molar-refractivity contribution in [1.29, 1.82) is 0 Å². The lowest BCUT2D eigenvalue weighted by atomic mass is 10.1. The van der Waals surface area contributed by atoms with Crippen molar-refractivity contribution in [2.75, 3.05) is 26.2 Å². The molecule has 3 nitrogen and oxygen atoms in total. The summed E-state index contributed by atoms with van der Waals surface area (Å²) < 4.78 is 0. The van der Waals surface area contributed by atoms with E-state index in [-0.39, 0.29) is 0 Å². The van der Waals surface area contributed by atoms with Gasteiger partial charge in [-0.3, -0.25) is 4.90 Å². The van der Waals surface area contributed by atoms with Gasteiger partial charge >= 0.3 is 0 Å². The van der Waals surface area contributed by atoms with E-state index in [1.807, 2.05) is 18.2 Å². The fourth-order valence-corrected chi connectivity index (χ4v) is 3.18. The minimum atomic E-state index is 0.971. The summed E-state index contributed by atoms with van der Waals surface area (Å²) in [5.74, 6) is 0. The Bertz CT molecular complexity index is 685. The number of hydrogen-bond donors (Lipinski definition) is 1. The molecule has 0 atom stereocenters. The van der Waals surface area contributed by atoms with E-state index in [0.717, 1.165) is 44.0 Å². The van der Waals surface area contributed by atoms with E-state index in [1.165, 1.54) is 16.7 Å². The van der Waals surface area contributed by atoms with E-state index in [1.54, 1.807) is 0 Å². The summed E-state index contributed by atoms with van der Waals surface area (Å²) in [7, 11) is 0. The summed E-state index contributed by atoms with van der Waals surface area (Å²) in [5, 5.41) is 2.27. The Morgan fingerprint density at radius 2 is 1.71 bits per heavy atom. The molecule has 0 saturated carbocycles. The van der Waals surface area contributed by atoms with Crippen LogP contribution < -0.4 is 5.43 Å². The number of piperazine rings is 1. The minimum Gasteiger partial charge on any atom is -0.319 e. The van der Waals surface area contributed by atoms with E-state index in [2.05, 4.69) is 66.1 Å². The van der Waals surface area contributed by atoms with Crippen LogP contribution in [-0.2, 0) is 6.54 Å².